The average molecular weight is 388 g/mol. The zero-order valence-electron chi connectivity index (χ0n) is 12.2. The molecule has 7 heteroatoms. The van der Waals surface area contributed by atoms with Gasteiger partial charge >= 0.3 is 0 Å². The van der Waals surface area contributed by atoms with Crippen LogP contribution in [0.4, 0.5) is 5.82 Å². The minimum absolute atomic E-state index is 0.762. The van der Waals surface area contributed by atoms with Crippen LogP contribution in [0.25, 0.3) is 16.2 Å². The fourth-order valence-electron chi connectivity index (χ4n) is 2.44. The average Bonchev–Trinajstić information content (AvgIpc) is 3.24. The Morgan fingerprint density at radius 2 is 2.39 bits per heavy atom. The number of anilines is 1. The van der Waals surface area contributed by atoms with Crippen molar-refractivity contribution in [3.8, 4) is 10.6 Å². The molecule has 0 saturated carbocycles. The number of hydrogen-bond acceptors (Lipinski definition) is 5. The lowest BCUT2D eigenvalue weighted by atomic mass is 10.2. The molecule has 0 unspecified atom stereocenters. The molecular formula is C16H14BrN5S. The summed E-state index contributed by atoms with van der Waals surface area (Å²) in [6.45, 7) is 1.62. The van der Waals surface area contributed by atoms with E-state index in [2.05, 4.69) is 49.2 Å². The van der Waals surface area contributed by atoms with Crippen LogP contribution in [0, 0.1) is 0 Å². The standard InChI is InChI=1S/C16H14BrN5S/c17-12-10-20-22-15(19-9-11-3-1-5-18-8-11)7-13(21-16(12)22)14-4-2-6-23-14/h1-7,10,18-19H,8-9H2. The third-order valence-electron chi connectivity index (χ3n) is 3.57. The summed E-state index contributed by atoms with van der Waals surface area (Å²) >= 11 is 5.21. The van der Waals surface area contributed by atoms with E-state index >= 15 is 0 Å². The summed E-state index contributed by atoms with van der Waals surface area (Å²) < 4.78 is 2.72. The number of aromatic nitrogens is 3. The number of nitrogens with zero attached hydrogens (tertiary/aromatic N) is 3. The molecule has 1 aliphatic heterocycles. The summed E-state index contributed by atoms with van der Waals surface area (Å²) in [5, 5.41) is 13.2. The quantitative estimate of drug-likeness (QED) is 0.716. The Hall–Kier alpha value is -2.12. The van der Waals surface area contributed by atoms with Crippen LogP contribution in [0.15, 0.2) is 58.2 Å². The van der Waals surface area contributed by atoms with Gasteiger partial charge in [-0.05, 0) is 45.2 Å². The molecular weight excluding hydrogens is 374 g/mol. The van der Waals surface area contributed by atoms with Gasteiger partial charge in [-0.3, -0.25) is 0 Å². The Morgan fingerprint density at radius 3 is 3.17 bits per heavy atom. The lowest BCUT2D eigenvalue weighted by Gasteiger charge is -2.14. The fraction of sp³-hybridized carbons (Fsp3) is 0.125. The topological polar surface area (TPSA) is 54.2 Å². The van der Waals surface area contributed by atoms with E-state index in [4.69, 9.17) is 4.98 Å². The maximum absolute atomic E-state index is 4.72. The van der Waals surface area contributed by atoms with Gasteiger partial charge in [-0.1, -0.05) is 12.1 Å². The van der Waals surface area contributed by atoms with Gasteiger partial charge in [0, 0.05) is 19.2 Å². The van der Waals surface area contributed by atoms with Gasteiger partial charge in [0.25, 0.3) is 0 Å². The Balaban J connectivity index is 1.72. The first-order valence-corrected chi connectivity index (χ1v) is 8.88. The number of hydrogen-bond donors (Lipinski definition) is 2. The Kier molecular flexibility index (Phi) is 3.88. The molecule has 23 heavy (non-hydrogen) atoms. The van der Waals surface area contributed by atoms with E-state index < -0.39 is 0 Å². The number of nitrogens with one attached hydrogen (secondary N) is 2. The first-order chi connectivity index (χ1) is 11.3. The van der Waals surface area contributed by atoms with Crippen molar-refractivity contribution < 1.29 is 0 Å². The van der Waals surface area contributed by atoms with Gasteiger partial charge < -0.3 is 10.6 Å². The number of allylic oxidation sites excluding steroid dienone is 2. The molecule has 0 saturated heterocycles. The maximum atomic E-state index is 4.72. The van der Waals surface area contributed by atoms with Crippen LogP contribution in [-0.2, 0) is 0 Å². The molecule has 0 atom stereocenters. The number of rotatable bonds is 4. The van der Waals surface area contributed by atoms with Gasteiger partial charge in [-0.25, -0.2) is 4.98 Å². The van der Waals surface area contributed by atoms with Gasteiger partial charge in [0.05, 0.1) is 21.2 Å². The molecule has 0 aromatic carbocycles. The zero-order valence-corrected chi connectivity index (χ0v) is 14.6. The van der Waals surface area contributed by atoms with Gasteiger partial charge in [-0.15, -0.1) is 11.3 Å². The molecule has 0 aliphatic carbocycles. The van der Waals surface area contributed by atoms with Gasteiger partial charge in [-0.2, -0.15) is 9.61 Å². The van der Waals surface area contributed by atoms with Crippen LogP contribution in [-0.4, -0.2) is 27.7 Å². The summed E-state index contributed by atoms with van der Waals surface area (Å²) in [6, 6.07) is 6.16. The minimum Gasteiger partial charge on any atom is -0.387 e. The van der Waals surface area contributed by atoms with Gasteiger partial charge in [0.15, 0.2) is 5.65 Å². The van der Waals surface area contributed by atoms with Crippen LogP contribution >= 0.6 is 27.3 Å². The fourth-order valence-corrected chi connectivity index (χ4v) is 3.47. The SMILES string of the molecule is Brc1cnn2c(NCC3=CC=CNC3)cc(-c3cccs3)nc12. The van der Waals surface area contributed by atoms with Crippen molar-refractivity contribution in [2.45, 2.75) is 0 Å². The van der Waals surface area contributed by atoms with Crippen molar-refractivity contribution in [3.63, 3.8) is 0 Å². The molecule has 5 nitrogen and oxygen atoms in total. The summed E-state index contributed by atoms with van der Waals surface area (Å²) in [7, 11) is 0. The van der Waals surface area contributed by atoms with Crippen LogP contribution in [0.3, 0.4) is 0 Å². The van der Waals surface area contributed by atoms with Crippen molar-refractivity contribution in [2.24, 2.45) is 0 Å². The van der Waals surface area contributed by atoms with E-state index in [1.807, 2.05) is 28.9 Å². The third-order valence-corrected chi connectivity index (χ3v) is 5.03. The van der Waals surface area contributed by atoms with Crippen LogP contribution in [0.2, 0.25) is 0 Å². The number of dihydropyridines is 1. The number of halogens is 1. The predicted octanol–water partition coefficient (Wildman–Crippen LogP) is 3.68. The summed E-state index contributed by atoms with van der Waals surface area (Å²) in [6.07, 6.45) is 7.87. The molecule has 3 aromatic heterocycles. The van der Waals surface area contributed by atoms with E-state index in [1.165, 1.54) is 5.57 Å². The van der Waals surface area contributed by atoms with Crippen molar-refractivity contribution in [2.75, 3.05) is 18.4 Å². The summed E-state index contributed by atoms with van der Waals surface area (Å²) in [4.78, 5) is 5.86. The normalized spacial score (nSPS) is 13.9. The summed E-state index contributed by atoms with van der Waals surface area (Å²) in [5.74, 6) is 0.930. The number of fused-ring (bicyclic) bond motifs is 1. The van der Waals surface area contributed by atoms with Gasteiger partial charge in [0.2, 0.25) is 0 Å². The second-order valence-electron chi connectivity index (χ2n) is 5.15. The number of thiophene rings is 1. The van der Waals surface area contributed by atoms with Crippen molar-refractivity contribution in [1.82, 2.24) is 19.9 Å². The monoisotopic (exact) mass is 387 g/mol. The third kappa shape index (κ3) is 2.89. The second kappa shape index (κ2) is 6.17. The van der Waals surface area contributed by atoms with E-state index in [-0.39, 0.29) is 0 Å². The van der Waals surface area contributed by atoms with E-state index in [9.17, 15) is 0 Å². The molecule has 0 amide bonds. The maximum Gasteiger partial charge on any atom is 0.172 e. The van der Waals surface area contributed by atoms with Crippen molar-refractivity contribution >= 4 is 38.7 Å². The molecule has 3 aromatic rings. The Bertz CT molecular complexity index is 895. The van der Waals surface area contributed by atoms with Gasteiger partial charge in [0.1, 0.15) is 5.82 Å². The lowest BCUT2D eigenvalue weighted by molar-refractivity contribution is 0.887. The zero-order chi connectivity index (χ0) is 15.6. The Labute approximate surface area is 145 Å². The first kappa shape index (κ1) is 14.5. The highest BCUT2D eigenvalue weighted by Crippen LogP contribution is 2.28. The van der Waals surface area contributed by atoms with E-state index in [1.54, 1.807) is 17.5 Å². The van der Waals surface area contributed by atoms with Crippen molar-refractivity contribution in [1.29, 1.82) is 0 Å². The molecule has 0 fully saturated rings. The summed E-state index contributed by atoms with van der Waals surface area (Å²) in [5.41, 5.74) is 3.06. The highest BCUT2D eigenvalue weighted by Gasteiger charge is 2.12. The largest absolute Gasteiger partial charge is 0.387 e. The lowest BCUT2D eigenvalue weighted by Crippen LogP contribution is -2.19. The van der Waals surface area contributed by atoms with Crippen LogP contribution < -0.4 is 10.6 Å². The predicted molar refractivity (Wildman–Crippen MR) is 97.7 cm³/mol. The van der Waals surface area contributed by atoms with Crippen LogP contribution in [0.5, 0.6) is 0 Å². The van der Waals surface area contributed by atoms with Crippen molar-refractivity contribution in [3.05, 3.63) is 58.2 Å². The van der Waals surface area contributed by atoms with Crippen LogP contribution in [0.1, 0.15) is 0 Å². The molecule has 4 heterocycles. The molecule has 0 radical (unpaired) electrons. The van der Waals surface area contributed by atoms with E-state index in [0.717, 1.165) is 39.6 Å². The molecule has 0 bridgehead atoms. The second-order valence-corrected chi connectivity index (χ2v) is 6.95. The smallest absolute Gasteiger partial charge is 0.172 e. The van der Waals surface area contributed by atoms with E-state index in [0.29, 0.717) is 0 Å². The molecule has 116 valence electrons. The highest BCUT2D eigenvalue weighted by molar-refractivity contribution is 9.10. The molecule has 0 spiro atoms. The molecule has 1 aliphatic rings. The molecule has 4 rings (SSSR count). The Morgan fingerprint density at radius 1 is 1.43 bits per heavy atom. The molecule has 2 N–H and O–H groups in total. The minimum atomic E-state index is 0.762. The first-order valence-electron chi connectivity index (χ1n) is 7.21. The highest BCUT2D eigenvalue weighted by atomic mass is 79.9.